The van der Waals surface area contributed by atoms with Crippen LogP contribution in [0.4, 0.5) is 0 Å². The van der Waals surface area contributed by atoms with Crippen LogP contribution in [-0.4, -0.2) is 16.2 Å². The van der Waals surface area contributed by atoms with Crippen LogP contribution < -0.4 is 0 Å². The third-order valence-corrected chi connectivity index (χ3v) is 4.08. The normalized spacial score (nSPS) is 10.5. The first-order valence-electron chi connectivity index (χ1n) is 5.39. The van der Waals surface area contributed by atoms with Crippen LogP contribution >= 0.6 is 45.2 Å². The quantitative estimate of drug-likeness (QED) is 0.502. The minimum Gasteiger partial charge on any atom is -0.506 e. The molecule has 0 aliphatic carbocycles. The fourth-order valence-electron chi connectivity index (χ4n) is 1.54. The lowest BCUT2D eigenvalue weighted by Gasteiger charge is -2.06. The lowest BCUT2D eigenvalue weighted by molar-refractivity contribution is -0.137. The number of aromatic hydroxyl groups is 1. The second-order valence-corrected chi connectivity index (χ2v) is 6.19. The zero-order valence-corrected chi connectivity index (χ0v) is 13.6. The summed E-state index contributed by atoms with van der Waals surface area (Å²) < 4.78 is 1.74. The Labute approximate surface area is 128 Å². The van der Waals surface area contributed by atoms with Gasteiger partial charge in [-0.05, 0) is 82.1 Å². The number of hydrogen-bond donors (Lipinski definition) is 2. The van der Waals surface area contributed by atoms with Crippen molar-refractivity contribution in [2.24, 2.45) is 0 Å². The van der Waals surface area contributed by atoms with Crippen molar-refractivity contribution >= 4 is 51.2 Å². The number of halogens is 2. The van der Waals surface area contributed by atoms with Crippen molar-refractivity contribution in [3.05, 3.63) is 24.8 Å². The fraction of sp³-hybridized carbons (Fsp3) is 0.417. The molecule has 0 fully saturated rings. The molecule has 0 aliphatic rings. The minimum absolute atomic E-state index is 0.255. The fourth-order valence-corrected chi connectivity index (χ4v) is 3.44. The zero-order chi connectivity index (χ0) is 12.8. The standard InChI is InChI=1S/C12H14I2O3/c13-9-6-8(7-10(14)12(9)17)4-2-1-3-5-11(15)16/h6-7,17H,1-5H2,(H,15,16). The molecule has 17 heavy (non-hydrogen) atoms. The summed E-state index contributed by atoms with van der Waals surface area (Å²) in [4.78, 5) is 10.3. The summed E-state index contributed by atoms with van der Waals surface area (Å²) in [6, 6.07) is 3.96. The summed E-state index contributed by atoms with van der Waals surface area (Å²) in [6.07, 6.45) is 3.85. The summed E-state index contributed by atoms with van der Waals surface area (Å²) in [5, 5.41) is 18.1. The summed E-state index contributed by atoms with van der Waals surface area (Å²) in [7, 11) is 0. The van der Waals surface area contributed by atoms with Crippen molar-refractivity contribution < 1.29 is 15.0 Å². The van der Waals surface area contributed by atoms with Gasteiger partial charge in [-0.3, -0.25) is 4.79 Å². The smallest absolute Gasteiger partial charge is 0.303 e. The van der Waals surface area contributed by atoms with Gasteiger partial charge in [-0.25, -0.2) is 0 Å². The summed E-state index contributed by atoms with van der Waals surface area (Å²) in [5.41, 5.74) is 1.20. The van der Waals surface area contributed by atoms with E-state index in [4.69, 9.17) is 5.11 Å². The van der Waals surface area contributed by atoms with Gasteiger partial charge in [0.25, 0.3) is 0 Å². The highest BCUT2D eigenvalue weighted by atomic mass is 127. The monoisotopic (exact) mass is 460 g/mol. The maximum atomic E-state index is 10.3. The van der Waals surface area contributed by atoms with Crippen LogP contribution in [0.1, 0.15) is 31.2 Å². The van der Waals surface area contributed by atoms with Gasteiger partial charge in [-0.15, -0.1) is 0 Å². The van der Waals surface area contributed by atoms with Crippen LogP contribution in [0, 0.1) is 7.14 Å². The molecule has 0 atom stereocenters. The number of phenolic OH excluding ortho intramolecular Hbond substituents is 1. The number of unbranched alkanes of at least 4 members (excludes halogenated alkanes) is 2. The number of phenols is 1. The molecule has 1 aromatic rings. The molecule has 0 saturated carbocycles. The molecule has 5 heteroatoms. The van der Waals surface area contributed by atoms with E-state index < -0.39 is 5.97 Å². The second kappa shape index (κ2) is 7.40. The van der Waals surface area contributed by atoms with E-state index in [1.165, 1.54) is 5.56 Å². The Kier molecular flexibility index (Phi) is 6.53. The molecule has 1 rings (SSSR count). The van der Waals surface area contributed by atoms with Gasteiger partial charge in [0.05, 0.1) is 7.14 Å². The predicted molar refractivity (Wildman–Crippen MR) is 83.3 cm³/mol. The lowest BCUT2D eigenvalue weighted by atomic mass is 10.1. The van der Waals surface area contributed by atoms with E-state index in [-0.39, 0.29) is 6.42 Å². The van der Waals surface area contributed by atoms with Crippen LogP contribution in [0.2, 0.25) is 0 Å². The highest BCUT2D eigenvalue weighted by Gasteiger charge is 2.05. The Balaban J connectivity index is 2.39. The second-order valence-electron chi connectivity index (χ2n) is 3.86. The molecule has 0 bridgehead atoms. The highest BCUT2D eigenvalue weighted by Crippen LogP contribution is 2.28. The largest absolute Gasteiger partial charge is 0.506 e. The van der Waals surface area contributed by atoms with Crippen LogP contribution in [0.3, 0.4) is 0 Å². The Morgan fingerprint density at radius 1 is 1.12 bits per heavy atom. The first-order valence-corrected chi connectivity index (χ1v) is 7.55. The number of carbonyl (C=O) groups is 1. The highest BCUT2D eigenvalue weighted by molar-refractivity contribution is 14.1. The average molecular weight is 460 g/mol. The average Bonchev–Trinajstić information content (AvgIpc) is 2.25. The molecular formula is C12H14I2O3. The summed E-state index contributed by atoms with van der Waals surface area (Å²) >= 11 is 4.24. The molecule has 0 spiro atoms. The molecule has 0 heterocycles. The van der Waals surface area contributed by atoms with E-state index >= 15 is 0 Å². The third kappa shape index (κ3) is 5.41. The molecule has 0 amide bonds. The van der Waals surface area contributed by atoms with Crippen LogP contribution in [0.25, 0.3) is 0 Å². The minimum atomic E-state index is -0.723. The molecule has 1 aromatic carbocycles. The number of aliphatic carboxylic acids is 1. The van der Waals surface area contributed by atoms with Crippen molar-refractivity contribution in [3.63, 3.8) is 0 Å². The van der Waals surface area contributed by atoms with E-state index in [0.717, 1.165) is 32.8 Å². The predicted octanol–water partition coefficient (Wildman–Crippen LogP) is 3.79. The van der Waals surface area contributed by atoms with Crippen LogP contribution in [-0.2, 0) is 11.2 Å². The van der Waals surface area contributed by atoms with Gasteiger partial charge < -0.3 is 10.2 Å². The molecule has 0 aromatic heterocycles. The Bertz CT molecular complexity index is 382. The van der Waals surface area contributed by atoms with E-state index in [0.29, 0.717) is 5.75 Å². The van der Waals surface area contributed by atoms with Crippen LogP contribution in [0.5, 0.6) is 5.75 Å². The lowest BCUT2D eigenvalue weighted by Crippen LogP contribution is -1.94. The maximum absolute atomic E-state index is 10.3. The van der Waals surface area contributed by atoms with Crippen molar-refractivity contribution in [1.29, 1.82) is 0 Å². The molecule has 3 nitrogen and oxygen atoms in total. The number of carboxylic acids is 1. The maximum Gasteiger partial charge on any atom is 0.303 e. The molecule has 0 unspecified atom stereocenters. The van der Waals surface area contributed by atoms with Gasteiger partial charge in [-0.2, -0.15) is 0 Å². The van der Waals surface area contributed by atoms with Gasteiger partial charge in [0, 0.05) is 6.42 Å². The van der Waals surface area contributed by atoms with Gasteiger partial charge >= 0.3 is 5.97 Å². The SMILES string of the molecule is O=C(O)CCCCCc1cc(I)c(O)c(I)c1. The number of benzene rings is 1. The molecule has 0 radical (unpaired) electrons. The first kappa shape index (κ1) is 15.0. The Morgan fingerprint density at radius 2 is 1.71 bits per heavy atom. The summed E-state index contributed by atoms with van der Waals surface area (Å²) in [6.45, 7) is 0. The van der Waals surface area contributed by atoms with Gasteiger partial charge in [-0.1, -0.05) is 6.42 Å². The molecule has 0 aliphatic heterocycles. The first-order chi connectivity index (χ1) is 8.00. The third-order valence-electron chi connectivity index (χ3n) is 2.43. The van der Waals surface area contributed by atoms with E-state index in [2.05, 4.69) is 45.2 Å². The van der Waals surface area contributed by atoms with Crippen molar-refractivity contribution in [2.75, 3.05) is 0 Å². The number of aryl methyl sites for hydroxylation is 1. The van der Waals surface area contributed by atoms with Gasteiger partial charge in [0.1, 0.15) is 5.75 Å². The van der Waals surface area contributed by atoms with E-state index in [1.54, 1.807) is 0 Å². The van der Waals surface area contributed by atoms with Crippen molar-refractivity contribution in [2.45, 2.75) is 32.1 Å². The van der Waals surface area contributed by atoms with E-state index in [1.807, 2.05) is 12.1 Å². The molecule has 94 valence electrons. The van der Waals surface area contributed by atoms with Crippen LogP contribution in [0.15, 0.2) is 12.1 Å². The molecule has 2 N–H and O–H groups in total. The Hall–Kier alpha value is -0.0500. The number of carboxylic acid groups (broad SMARTS) is 1. The molecule has 0 saturated heterocycles. The topological polar surface area (TPSA) is 57.5 Å². The molecular weight excluding hydrogens is 446 g/mol. The Morgan fingerprint density at radius 3 is 2.24 bits per heavy atom. The summed E-state index contributed by atoms with van der Waals surface area (Å²) in [5.74, 6) is -0.375. The van der Waals surface area contributed by atoms with Crippen molar-refractivity contribution in [3.8, 4) is 5.75 Å². The van der Waals surface area contributed by atoms with Gasteiger partial charge in [0.15, 0.2) is 0 Å². The zero-order valence-electron chi connectivity index (χ0n) is 9.25. The van der Waals surface area contributed by atoms with Gasteiger partial charge in [0.2, 0.25) is 0 Å². The number of hydrogen-bond acceptors (Lipinski definition) is 2. The number of rotatable bonds is 6. The van der Waals surface area contributed by atoms with E-state index in [9.17, 15) is 9.90 Å². The van der Waals surface area contributed by atoms with Crippen molar-refractivity contribution in [1.82, 2.24) is 0 Å².